The van der Waals surface area contributed by atoms with E-state index >= 15 is 0 Å². The summed E-state index contributed by atoms with van der Waals surface area (Å²) in [7, 11) is 0. The second-order valence-corrected chi connectivity index (χ2v) is 5.08. The molecule has 4 rings (SSSR count). The molecule has 2 N–H and O–H groups in total. The number of benzene rings is 2. The van der Waals surface area contributed by atoms with Crippen LogP contribution in [0.5, 0.6) is 0 Å². The monoisotopic (exact) mass is 264 g/mol. The Balaban J connectivity index is 1.82. The number of hydrogen-bond acceptors (Lipinski definition) is 2. The first kappa shape index (κ1) is 11.2. The fourth-order valence-corrected chi connectivity index (χ4v) is 3.07. The summed E-state index contributed by atoms with van der Waals surface area (Å²) in [6, 6.07) is 14.6. The third-order valence-corrected chi connectivity index (χ3v) is 3.99. The first-order valence-corrected chi connectivity index (χ1v) is 6.55. The van der Waals surface area contributed by atoms with Crippen LogP contribution in [0.15, 0.2) is 48.5 Å². The van der Waals surface area contributed by atoms with E-state index in [0.29, 0.717) is 11.1 Å². The predicted molar refractivity (Wildman–Crippen MR) is 73.3 cm³/mol. The third-order valence-electron chi connectivity index (χ3n) is 3.99. The first-order valence-electron chi connectivity index (χ1n) is 6.55. The van der Waals surface area contributed by atoms with E-state index in [4.69, 9.17) is 0 Å². The van der Waals surface area contributed by atoms with Crippen LogP contribution in [0.3, 0.4) is 0 Å². The topological polar surface area (TPSA) is 58.2 Å². The number of fused-ring (bicyclic) bond motifs is 2. The van der Waals surface area contributed by atoms with Crippen molar-refractivity contribution in [1.29, 1.82) is 0 Å². The number of rotatable bonds is 1. The van der Waals surface area contributed by atoms with Crippen LogP contribution in [0.1, 0.15) is 43.9 Å². The standard InChI is InChI=1S/C16H12N2O2/c19-15-11-7-3-1-5-9(11)13(17-15)14-10-6-2-4-8-12(10)16(20)18-14/h1-8,13-14H,(H,17,19)(H,18,20)/t13-,14+. The van der Waals surface area contributed by atoms with Crippen molar-refractivity contribution in [3.63, 3.8) is 0 Å². The van der Waals surface area contributed by atoms with Crippen molar-refractivity contribution in [1.82, 2.24) is 10.6 Å². The van der Waals surface area contributed by atoms with E-state index in [9.17, 15) is 9.59 Å². The average Bonchev–Trinajstić information content (AvgIpc) is 2.99. The summed E-state index contributed by atoms with van der Waals surface area (Å²) < 4.78 is 0. The fraction of sp³-hybridized carbons (Fsp3) is 0.125. The molecule has 0 fully saturated rings. The highest BCUT2D eigenvalue weighted by Crippen LogP contribution is 2.39. The Hall–Kier alpha value is -2.62. The fourth-order valence-electron chi connectivity index (χ4n) is 3.07. The third kappa shape index (κ3) is 1.42. The van der Waals surface area contributed by atoms with E-state index in [1.807, 2.05) is 48.5 Å². The van der Waals surface area contributed by atoms with Crippen LogP contribution in [0, 0.1) is 0 Å². The Morgan fingerprint density at radius 1 is 0.650 bits per heavy atom. The van der Waals surface area contributed by atoms with Gasteiger partial charge in [-0.25, -0.2) is 0 Å². The van der Waals surface area contributed by atoms with Gasteiger partial charge in [-0.05, 0) is 23.3 Å². The van der Waals surface area contributed by atoms with Crippen molar-refractivity contribution in [2.75, 3.05) is 0 Å². The predicted octanol–water partition coefficient (Wildman–Crippen LogP) is 1.96. The Bertz CT molecular complexity index is 675. The van der Waals surface area contributed by atoms with E-state index < -0.39 is 0 Å². The van der Waals surface area contributed by atoms with Gasteiger partial charge >= 0.3 is 0 Å². The summed E-state index contributed by atoms with van der Waals surface area (Å²) in [5.74, 6) is -0.159. The molecule has 2 atom stereocenters. The van der Waals surface area contributed by atoms with Crippen LogP contribution in [0.2, 0.25) is 0 Å². The largest absolute Gasteiger partial charge is 0.343 e. The highest BCUT2D eigenvalue weighted by Gasteiger charge is 2.40. The lowest BCUT2D eigenvalue weighted by atomic mass is 9.94. The molecule has 2 aromatic rings. The molecule has 0 saturated carbocycles. The number of carbonyl (C=O) groups excluding carboxylic acids is 2. The van der Waals surface area contributed by atoms with Gasteiger partial charge in [0, 0.05) is 11.1 Å². The Labute approximate surface area is 115 Å². The molecule has 4 nitrogen and oxygen atoms in total. The normalized spacial score (nSPS) is 23.0. The molecule has 2 heterocycles. The van der Waals surface area contributed by atoms with Crippen molar-refractivity contribution in [3.8, 4) is 0 Å². The van der Waals surface area contributed by atoms with E-state index in [-0.39, 0.29) is 23.9 Å². The van der Waals surface area contributed by atoms with Gasteiger partial charge in [-0.1, -0.05) is 36.4 Å². The van der Waals surface area contributed by atoms with Crippen molar-refractivity contribution in [2.24, 2.45) is 0 Å². The molecule has 0 aliphatic carbocycles. The molecule has 2 amide bonds. The number of hydrogen-bond donors (Lipinski definition) is 2. The molecule has 2 aliphatic heterocycles. The molecular weight excluding hydrogens is 252 g/mol. The molecule has 2 aliphatic rings. The van der Waals surface area contributed by atoms with Crippen LogP contribution < -0.4 is 10.6 Å². The van der Waals surface area contributed by atoms with Gasteiger partial charge in [0.2, 0.25) is 0 Å². The molecule has 0 radical (unpaired) electrons. The number of carbonyl (C=O) groups is 2. The maximum absolute atomic E-state index is 12.0. The van der Waals surface area contributed by atoms with Gasteiger partial charge in [-0.3, -0.25) is 9.59 Å². The summed E-state index contributed by atoms with van der Waals surface area (Å²) in [4.78, 5) is 24.0. The van der Waals surface area contributed by atoms with E-state index in [1.165, 1.54) is 0 Å². The summed E-state index contributed by atoms with van der Waals surface area (Å²) in [6.07, 6.45) is 0. The minimum atomic E-state index is -0.203. The van der Waals surface area contributed by atoms with Gasteiger partial charge in [0.1, 0.15) is 0 Å². The summed E-state index contributed by atoms with van der Waals surface area (Å²) >= 11 is 0. The SMILES string of the molecule is O=C1N[C@@H]([C@H]2NC(=O)c3ccccc32)c2ccccc21. The smallest absolute Gasteiger partial charge is 0.252 e. The Kier molecular flexibility index (Phi) is 2.21. The molecule has 20 heavy (non-hydrogen) atoms. The zero-order valence-corrected chi connectivity index (χ0v) is 10.6. The van der Waals surface area contributed by atoms with Crippen LogP contribution >= 0.6 is 0 Å². The maximum Gasteiger partial charge on any atom is 0.252 e. The van der Waals surface area contributed by atoms with Crippen LogP contribution in [-0.2, 0) is 0 Å². The zero-order valence-electron chi connectivity index (χ0n) is 10.6. The summed E-state index contributed by atoms with van der Waals surface area (Å²) in [5, 5.41) is 5.94. The van der Waals surface area contributed by atoms with Crippen molar-refractivity contribution >= 4 is 11.8 Å². The minimum Gasteiger partial charge on any atom is -0.343 e. The van der Waals surface area contributed by atoms with Gasteiger partial charge in [-0.2, -0.15) is 0 Å². The quantitative estimate of drug-likeness (QED) is 0.827. The molecule has 0 spiro atoms. The van der Waals surface area contributed by atoms with E-state index in [0.717, 1.165) is 11.1 Å². The van der Waals surface area contributed by atoms with E-state index in [2.05, 4.69) is 10.6 Å². The molecule has 0 unspecified atom stereocenters. The minimum absolute atomic E-state index is 0.0794. The molecule has 0 bridgehead atoms. The average molecular weight is 264 g/mol. The van der Waals surface area contributed by atoms with Crippen LogP contribution in [0.25, 0.3) is 0 Å². The van der Waals surface area contributed by atoms with Crippen molar-refractivity contribution in [2.45, 2.75) is 12.1 Å². The second kappa shape index (κ2) is 3.93. The maximum atomic E-state index is 12.0. The van der Waals surface area contributed by atoms with Gasteiger partial charge in [0.15, 0.2) is 0 Å². The number of nitrogens with one attached hydrogen (secondary N) is 2. The first-order chi connectivity index (χ1) is 9.75. The molecule has 0 aromatic heterocycles. The van der Waals surface area contributed by atoms with Crippen molar-refractivity contribution in [3.05, 3.63) is 70.8 Å². The highest BCUT2D eigenvalue weighted by molar-refractivity contribution is 6.01. The van der Waals surface area contributed by atoms with Gasteiger partial charge < -0.3 is 10.6 Å². The molecule has 4 heteroatoms. The van der Waals surface area contributed by atoms with Gasteiger partial charge in [0.05, 0.1) is 12.1 Å². The van der Waals surface area contributed by atoms with Crippen LogP contribution in [0.4, 0.5) is 0 Å². The van der Waals surface area contributed by atoms with Gasteiger partial charge in [-0.15, -0.1) is 0 Å². The molecule has 98 valence electrons. The number of amides is 2. The lowest BCUT2D eigenvalue weighted by Gasteiger charge is -2.20. The van der Waals surface area contributed by atoms with Gasteiger partial charge in [0.25, 0.3) is 11.8 Å². The Morgan fingerprint density at radius 2 is 1.05 bits per heavy atom. The molecule has 2 aromatic carbocycles. The highest BCUT2D eigenvalue weighted by atomic mass is 16.2. The molecule has 0 saturated heterocycles. The van der Waals surface area contributed by atoms with Crippen LogP contribution in [-0.4, -0.2) is 11.8 Å². The van der Waals surface area contributed by atoms with Crippen molar-refractivity contribution < 1.29 is 9.59 Å². The van der Waals surface area contributed by atoms with E-state index in [1.54, 1.807) is 0 Å². The molecular formula is C16H12N2O2. The Morgan fingerprint density at radius 3 is 1.50 bits per heavy atom. The second-order valence-electron chi connectivity index (χ2n) is 5.08. The summed E-state index contributed by atoms with van der Waals surface area (Å²) in [6.45, 7) is 0. The summed E-state index contributed by atoms with van der Waals surface area (Å²) in [5.41, 5.74) is 3.27. The lowest BCUT2D eigenvalue weighted by molar-refractivity contribution is 0.0917. The zero-order chi connectivity index (χ0) is 13.7. The lowest BCUT2D eigenvalue weighted by Crippen LogP contribution is -2.31.